The van der Waals surface area contributed by atoms with Gasteiger partial charge in [-0.25, -0.2) is 0 Å². The molecule has 104 valence electrons. The monoisotopic (exact) mass is 268 g/mol. The maximum absolute atomic E-state index is 10.6. The van der Waals surface area contributed by atoms with Gasteiger partial charge in [-0.05, 0) is 54.0 Å². The number of benzene rings is 2. The van der Waals surface area contributed by atoms with E-state index >= 15 is 0 Å². The molecule has 1 aliphatic carbocycles. The zero-order valence-electron chi connectivity index (χ0n) is 11.8. The maximum Gasteiger partial charge on any atom is 0.118 e. The summed E-state index contributed by atoms with van der Waals surface area (Å²) in [5, 5.41) is 10.6. The van der Waals surface area contributed by atoms with Gasteiger partial charge >= 0.3 is 0 Å². The number of rotatable bonds is 3. The highest BCUT2D eigenvalue weighted by Gasteiger charge is 2.27. The molecule has 2 aromatic carbocycles. The zero-order chi connectivity index (χ0) is 13.9. The molecule has 0 heterocycles. The highest BCUT2D eigenvalue weighted by molar-refractivity contribution is 5.33. The second kappa shape index (κ2) is 5.68. The first-order valence-corrected chi connectivity index (χ1v) is 7.16. The fourth-order valence-electron chi connectivity index (χ4n) is 3.08. The predicted octanol–water partition coefficient (Wildman–Crippen LogP) is 3.53. The molecule has 1 N–H and O–H groups in total. The van der Waals surface area contributed by atoms with Crippen LogP contribution >= 0.6 is 0 Å². The smallest absolute Gasteiger partial charge is 0.118 e. The fourth-order valence-corrected chi connectivity index (χ4v) is 3.08. The Balaban J connectivity index is 1.75. The standard InChI is InChI=1S/C18H20O2/c1-20-16-10-6-13(7-11-16)12-15-9-8-14-4-2-3-5-17(14)18(15)19/h2-7,10-11,15,18-19H,8-9,12H2,1H3. The Labute approximate surface area is 120 Å². The number of methoxy groups -OCH3 is 1. The Hall–Kier alpha value is -1.80. The van der Waals surface area contributed by atoms with E-state index in [0.29, 0.717) is 5.92 Å². The number of ether oxygens (including phenoxy) is 1. The van der Waals surface area contributed by atoms with Crippen LogP contribution in [0.2, 0.25) is 0 Å². The molecule has 2 unspecified atom stereocenters. The van der Waals surface area contributed by atoms with Crippen LogP contribution in [0.4, 0.5) is 0 Å². The van der Waals surface area contributed by atoms with Crippen LogP contribution in [0.25, 0.3) is 0 Å². The zero-order valence-corrected chi connectivity index (χ0v) is 11.8. The number of hydrogen-bond donors (Lipinski definition) is 1. The molecule has 20 heavy (non-hydrogen) atoms. The van der Waals surface area contributed by atoms with Crippen molar-refractivity contribution >= 4 is 0 Å². The van der Waals surface area contributed by atoms with Gasteiger partial charge in [0, 0.05) is 0 Å². The van der Waals surface area contributed by atoms with Crippen LogP contribution in [-0.2, 0) is 12.8 Å². The molecular weight excluding hydrogens is 248 g/mol. The second-order valence-electron chi connectivity index (χ2n) is 5.49. The van der Waals surface area contributed by atoms with Crippen molar-refractivity contribution in [3.05, 3.63) is 65.2 Å². The van der Waals surface area contributed by atoms with Gasteiger partial charge in [0.25, 0.3) is 0 Å². The van der Waals surface area contributed by atoms with Crippen molar-refractivity contribution in [2.45, 2.75) is 25.4 Å². The Morgan fingerprint density at radius 2 is 1.85 bits per heavy atom. The van der Waals surface area contributed by atoms with E-state index in [0.717, 1.165) is 30.6 Å². The molecule has 0 saturated heterocycles. The van der Waals surface area contributed by atoms with Crippen molar-refractivity contribution in [1.82, 2.24) is 0 Å². The summed E-state index contributed by atoms with van der Waals surface area (Å²) < 4.78 is 5.18. The van der Waals surface area contributed by atoms with Crippen molar-refractivity contribution < 1.29 is 9.84 Å². The molecule has 2 nitrogen and oxygen atoms in total. The molecule has 0 aliphatic heterocycles. The van der Waals surface area contributed by atoms with Crippen LogP contribution in [0.5, 0.6) is 5.75 Å². The molecule has 0 bridgehead atoms. The van der Waals surface area contributed by atoms with Crippen molar-refractivity contribution in [1.29, 1.82) is 0 Å². The van der Waals surface area contributed by atoms with Crippen molar-refractivity contribution in [2.24, 2.45) is 5.92 Å². The molecule has 0 spiro atoms. The third-order valence-electron chi connectivity index (χ3n) is 4.26. The molecule has 2 atom stereocenters. The molecule has 0 saturated carbocycles. The summed E-state index contributed by atoms with van der Waals surface area (Å²) in [5.41, 5.74) is 3.66. The lowest BCUT2D eigenvalue weighted by Crippen LogP contribution is -2.22. The Kier molecular flexibility index (Phi) is 3.75. The van der Waals surface area contributed by atoms with Gasteiger partial charge in [0.05, 0.1) is 13.2 Å². The average molecular weight is 268 g/mol. The third-order valence-corrected chi connectivity index (χ3v) is 4.26. The van der Waals surface area contributed by atoms with Gasteiger partial charge in [0.15, 0.2) is 0 Å². The Bertz CT molecular complexity index is 574. The summed E-state index contributed by atoms with van der Waals surface area (Å²) in [6.07, 6.45) is 2.68. The van der Waals surface area contributed by atoms with E-state index in [9.17, 15) is 5.11 Å². The molecule has 0 amide bonds. The summed E-state index contributed by atoms with van der Waals surface area (Å²) in [6, 6.07) is 16.4. The summed E-state index contributed by atoms with van der Waals surface area (Å²) in [7, 11) is 1.68. The lowest BCUT2D eigenvalue weighted by molar-refractivity contribution is 0.0936. The molecule has 1 aliphatic rings. The minimum atomic E-state index is -0.345. The highest BCUT2D eigenvalue weighted by atomic mass is 16.5. The SMILES string of the molecule is COc1ccc(CC2CCc3ccccc3C2O)cc1. The van der Waals surface area contributed by atoms with E-state index in [-0.39, 0.29) is 6.10 Å². The van der Waals surface area contributed by atoms with Gasteiger partial charge in [0.1, 0.15) is 5.75 Å². The third kappa shape index (κ3) is 2.56. The fraction of sp³-hybridized carbons (Fsp3) is 0.333. The first-order chi connectivity index (χ1) is 9.78. The molecular formula is C18H20O2. The number of aliphatic hydroxyl groups is 1. The molecule has 0 aromatic heterocycles. The Morgan fingerprint density at radius 3 is 2.60 bits per heavy atom. The number of aliphatic hydroxyl groups excluding tert-OH is 1. The van der Waals surface area contributed by atoms with Gasteiger partial charge in [-0.2, -0.15) is 0 Å². The summed E-state index contributed by atoms with van der Waals surface area (Å²) >= 11 is 0. The minimum absolute atomic E-state index is 0.304. The van der Waals surface area contributed by atoms with Crippen molar-refractivity contribution in [3.63, 3.8) is 0 Å². The van der Waals surface area contributed by atoms with Crippen LogP contribution in [-0.4, -0.2) is 12.2 Å². The number of hydrogen-bond acceptors (Lipinski definition) is 2. The quantitative estimate of drug-likeness (QED) is 0.922. The van der Waals surface area contributed by atoms with Gasteiger partial charge in [-0.3, -0.25) is 0 Å². The average Bonchev–Trinajstić information content (AvgIpc) is 2.51. The van der Waals surface area contributed by atoms with E-state index in [1.807, 2.05) is 18.2 Å². The van der Waals surface area contributed by atoms with Crippen molar-refractivity contribution in [2.75, 3.05) is 7.11 Å². The minimum Gasteiger partial charge on any atom is -0.497 e. The second-order valence-corrected chi connectivity index (χ2v) is 5.49. The summed E-state index contributed by atoms with van der Waals surface area (Å²) in [4.78, 5) is 0. The van der Waals surface area contributed by atoms with Crippen LogP contribution < -0.4 is 4.74 Å². The summed E-state index contributed by atoms with van der Waals surface area (Å²) in [6.45, 7) is 0. The normalized spacial score (nSPS) is 21.3. The van der Waals surface area contributed by atoms with Gasteiger partial charge in [-0.15, -0.1) is 0 Å². The van der Waals surface area contributed by atoms with E-state index in [4.69, 9.17) is 4.74 Å². The molecule has 2 heteroatoms. The first kappa shape index (κ1) is 13.2. The lowest BCUT2D eigenvalue weighted by atomic mass is 9.78. The van der Waals surface area contributed by atoms with Crippen LogP contribution in [0, 0.1) is 5.92 Å². The van der Waals surface area contributed by atoms with E-state index in [2.05, 4.69) is 30.3 Å². The molecule has 2 aromatic rings. The van der Waals surface area contributed by atoms with Crippen LogP contribution in [0.15, 0.2) is 48.5 Å². The topological polar surface area (TPSA) is 29.5 Å². The van der Waals surface area contributed by atoms with Gasteiger partial charge in [-0.1, -0.05) is 36.4 Å². The molecule has 3 rings (SSSR count). The molecule has 0 fully saturated rings. The van der Waals surface area contributed by atoms with E-state index < -0.39 is 0 Å². The van der Waals surface area contributed by atoms with Crippen LogP contribution in [0.1, 0.15) is 29.2 Å². The Morgan fingerprint density at radius 1 is 1.10 bits per heavy atom. The van der Waals surface area contributed by atoms with Crippen molar-refractivity contribution in [3.8, 4) is 5.75 Å². The predicted molar refractivity (Wildman–Crippen MR) is 79.9 cm³/mol. The van der Waals surface area contributed by atoms with E-state index in [1.54, 1.807) is 7.11 Å². The number of aryl methyl sites for hydroxylation is 1. The van der Waals surface area contributed by atoms with Gasteiger partial charge in [0.2, 0.25) is 0 Å². The largest absolute Gasteiger partial charge is 0.497 e. The lowest BCUT2D eigenvalue weighted by Gasteiger charge is -2.30. The van der Waals surface area contributed by atoms with E-state index in [1.165, 1.54) is 11.1 Å². The van der Waals surface area contributed by atoms with Gasteiger partial charge < -0.3 is 9.84 Å². The first-order valence-electron chi connectivity index (χ1n) is 7.16. The summed E-state index contributed by atoms with van der Waals surface area (Å²) in [5.74, 6) is 1.18. The molecule has 0 radical (unpaired) electrons. The number of fused-ring (bicyclic) bond motifs is 1. The van der Waals surface area contributed by atoms with Crippen LogP contribution in [0.3, 0.4) is 0 Å². The maximum atomic E-state index is 10.6. The highest BCUT2D eigenvalue weighted by Crippen LogP contribution is 2.36.